The first-order valence-corrected chi connectivity index (χ1v) is 7.43. The molecular weight excluding hydrogens is 380 g/mol. The van der Waals surface area contributed by atoms with Crippen LogP contribution in [-0.2, 0) is 0 Å². The van der Waals surface area contributed by atoms with E-state index >= 15 is 0 Å². The maximum absolute atomic E-state index is 3.79. The summed E-state index contributed by atoms with van der Waals surface area (Å²) in [5.74, 6) is 0. The van der Waals surface area contributed by atoms with E-state index in [0.29, 0.717) is 10.2 Å². The number of alkyl halides is 1. The molecule has 13 heavy (non-hydrogen) atoms. The van der Waals surface area contributed by atoms with Gasteiger partial charge in [-0.15, -0.1) is 11.3 Å². The number of rotatable bonds is 2. The Bertz CT molecular complexity index is 328. The van der Waals surface area contributed by atoms with Gasteiger partial charge in [-0.3, -0.25) is 0 Å². The van der Waals surface area contributed by atoms with Gasteiger partial charge in [-0.2, -0.15) is 0 Å². The lowest BCUT2D eigenvalue weighted by atomic mass is 10.0. The highest BCUT2D eigenvalue weighted by Crippen LogP contribution is 2.60. The first-order chi connectivity index (χ1) is 6.03. The molecule has 4 heteroatoms. The summed E-state index contributed by atoms with van der Waals surface area (Å²) < 4.78 is 2.44. The van der Waals surface area contributed by atoms with Crippen molar-refractivity contribution in [3.05, 3.63) is 19.2 Å². The van der Waals surface area contributed by atoms with Gasteiger partial charge in [0.15, 0.2) is 0 Å². The van der Waals surface area contributed by atoms with Gasteiger partial charge in [0.25, 0.3) is 0 Å². The molecule has 0 nitrogen and oxygen atoms in total. The zero-order valence-corrected chi connectivity index (χ0v) is 12.7. The third-order valence-electron chi connectivity index (χ3n) is 2.61. The molecule has 0 bridgehead atoms. The molecule has 1 saturated carbocycles. The molecule has 1 aromatic heterocycles. The summed E-state index contributed by atoms with van der Waals surface area (Å²) in [6.45, 7) is 2.34. The van der Waals surface area contributed by atoms with E-state index < -0.39 is 0 Å². The molecule has 1 aliphatic rings. The van der Waals surface area contributed by atoms with E-state index in [0.717, 1.165) is 0 Å². The van der Waals surface area contributed by atoms with Crippen LogP contribution in [0.1, 0.15) is 30.2 Å². The van der Waals surface area contributed by atoms with E-state index in [9.17, 15) is 0 Å². The summed E-state index contributed by atoms with van der Waals surface area (Å²) >= 11 is 12.6. The van der Waals surface area contributed by atoms with Crippen LogP contribution in [0.4, 0.5) is 0 Å². The molecule has 2 rings (SSSR count). The van der Waals surface area contributed by atoms with Crippen LogP contribution < -0.4 is 0 Å². The van der Waals surface area contributed by atoms with E-state index in [1.54, 1.807) is 11.3 Å². The van der Waals surface area contributed by atoms with E-state index in [1.807, 2.05) is 0 Å². The molecule has 0 amide bonds. The Morgan fingerprint density at radius 1 is 1.46 bits per heavy atom. The summed E-state index contributed by atoms with van der Waals surface area (Å²) in [7, 11) is 0. The predicted octanol–water partition coefficient (Wildman–Crippen LogP) is 5.51. The minimum atomic E-state index is 0.489. The van der Waals surface area contributed by atoms with Gasteiger partial charge in [-0.25, -0.2) is 0 Å². The molecule has 0 aliphatic heterocycles. The second-order valence-electron chi connectivity index (χ2n) is 3.80. The fraction of sp³-hybridized carbons (Fsp3) is 0.556. The molecule has 0 aromatic carbocycles. The fourth-order valence-electron chi connectivity index (χ4n) is 1.35. The summed E-state index contributed by atoms with van der Waals surface area (Å²) in [5.41, 5.74) is 1.88. The summed E-state index contributed by atoms with van der Waals surface area (Å²) in [5, 5.41) is 0. The minimum absolute atomic E-state index is 0.489. The molecule has 1 unspecified atom stereocenters. The molecule has 1 aliphatic carbocycles. The van der Waals surface area contributed by atoms with Crippen molar-refractivity contribution in [2.45, 2.75) is 24.6 Å². The molecule has 1 heterocycles. The van der Waals surface area contributed by atoms with Crippen molar-refractivity contribution >= 4 is 59.1 Å². The van der Waals surface area contributed by atoms with Crippen molar-refractivity contribution in [2.75, 3.05) is 0 Å². The van der Waals surface area contributed by atoms with Crippen molar-refractivity contribution in [1.82, 2.24) is 0 Å². The highest BCUT2D eigenvalue weighted by Gasteiger charge is 2.45. The van der Waals surface area contributed by atoms with Crippen LogP contribution in [0.15, 0.2) is 13.6 Å². The van der Waals surface area contributed by atoms with Crippen LogP contribution in [-0.4, -0.2) is 0 Å². The Kier molecular flexibility index (Phi) is 2.96. The van der Waals surface area contributed by atoms with Gasteiger partial charge in [0, 0.05) is 4.83 Å². The van der Waals surface area contributed by atoms with Crippen LogP contribution in [0.25, 0.3) is 0 Å². The van der Waals surface area contributed by atoms with E-state index in [1.165, 1.54) is 26.0 Å². The zero-order valence-electron chi connectivity index (χ0n) is 7.11. The van der Waals surface area contributed by atoms with Crippen molar-refractivity contribution in [2.24, 2.45) is 5.41 Å². The molecule has 0 saturated heterocycles. The summed E-state index contributed by atoms with van der Waals surface area (Å²) in [4.78, 5) is 0.497. The standard InChI is InChI=1S/C9H9Br3S/c1-9(2-3-9)7(11)5-4-6(10)13-8(5)12/h4,7H,2-3H2,1H3. The van der Waals surface area contributed by atoms with Crippen LogP contribution in [0.2, 0.25) is 0 Å². The maximum Gasteiger partial charge on any atom is 0.0754 e. The topological polar surface area (TPSA) is 0 Å². The Hall–Kier alpha value is 1.14. The van der Waals surface area contributed by atoms with Gasteiger partial charge in [0.1, 0.15) is 0 Å². The van der Waals surface area contributed by atoms with Gasteiger partial charge in [0.2, 0.25) is 0 Å². The zero-order chi connectivity index (χ0) is 9.64. The van der Waals surface area contributed by atoms with Crippen molar-refractivity contribution in [3.8, 4) is 0 Å². The van der Waals surface area contributed by atoms with Crippen LogP contribution in [0.3, 0.4) is 0 Å². The molecule has 0 N–H and O–H groups in total. The van der Waals surface area contributed by atoms with Gasteiger partial charge >= 0.3 is 0 Å². The number of hydrogen-bond acceptors (Lipinski definition) is 1. The SMILES string of the molecule is CC1(C(Br)c2cc(Br)sc2Br)CC1. The fourth-order valence-corrected chi connectivity index (χ4v) is 5.53. The minimum Gasteiger partial charge on any atom is -0.121 e. The first kappa shape index (κ1) is 10.7. The van der Waals surface area contributed by atoms with Gasteiger partial charge < -0.3 is 0 Å². The normalized spacial score (nSPS) is 21.5. The van der Waals surface area contributed by atoms with Gasteiger partial charge in [-0.1, -0.05) is 22.9 Å². The number of thiophene rings is 1. The van der Waals surface area contributed by atoms with Crippen LogP contribution in [0.5, 0.6) is 0 Å². The van der Waals surface area contributed by atoms with Crippen LogP contribution >= 0.6 is 59.1 Å². The van der Waals surface area contributed by atoms with E-state index in [2.05, 4.69) is 60.8 Å². The van der Waals surface area contributed by atoms with Gasteiger partial charge in [0.05, 0.1) is 7.57 Å². The van der Waals surface area contributed by atoms with Crippen molar-refractivity contribution in [1.29, 1.82) is 0 Å². The van der Waals surface area contributed by atoms with Crippen LogP contribution in [0, 0.1) is 5.41 Å². The molecule has 0 spiro atoms. The molecule has 1 fully saturated rings. The van der Waals surface area contributed by atoms with E-state index in [4.69, 9.17) is 0 Å². The lowest BCUT2D eigenvalue weighted by molar-refractivity contribution is 0.564. The largest absolute Gasteiger partial charge is 0.121 e. The average molecular weight is 389 g/mol. The molecule has 72 valence electrons. The molecule has 0 radical (unpaired) electrons. The monoisotopic (exact) mass is 386 g/mol. The molecule has 1 aromatic rings. The highest BCUT2D eigenvalue weighted by molar-refractivity contribution is 9.12. The highest BCUT2D eigenvalue weighted by atomic mass is 79.9. The Morgan fingerprint density at radius 3 is 2.46 bits per heavy atom. The average Bonchev–Trinajstić information content (AvgIpc) is 2.71. The number of hydrogen-bond donors (Lipinski definition) is 0. The van der Waals surface area contributed by atoms with Gasteiger partial charge in [-0.05, 0) is 61.7 Å². The quantitative estimate of drug-likeness (QED) is 0.586. The third kappa shape index (κ3) is 2.06. The van der Waals surface area contributed by atoms with Crippen molar-refractivity contribution in [3.63, 3.8) is 0 Å². The molecular formula is C9H9Br3S. The summed E-state index contributed by atoms with van der Waals surface area (Å²) in [6.07, 6.45) is 2.67. The van der Waals surface area contributed by atoms with E-state index in [-0.39, 0.29) is 0 Å². The Morgan fingerprint density at radius 2 is 2.08 bits per heavy atom. The van der Waals surface area contributed by atoms with Crippen molar-refractivity contribution < 1.29 is 0 Å². The first-order valence-electron chi connectivity index (χ1n) is 4.12. The Balaban J connectivity index is 2.29. The molecule has 1 atom stereocenters. The maximum atomic E-state index is 3.79. The summed E-state index contributed by atoms with van der Waals surface area (Å²) in [6, 6.07) is 2.21. The predicted molar refractivity (Wildman–Crippen MR) is 68.7 cm³/mol. The smallest absolute Gasteiger partial charge is 0.0754 e. The third-order valence-corrected chi connectivity index (χ3v) is 6.59. The lowest BCUT2D eigenvalue weighted by Gasteiger charge is -2.15. The lowest BCUT2D eigenvalue weighted by Crippen LogP contribution is -2.02. The Labute approximate surface area is 107 Å². The second-order valence-corrected chi connectivity index (χ2v) is 8.46. The number of halogens is 3. The second kappa shape index (κ2) is 3.62.